The first-order chi connectivity index (χ1) is 9.10. The van der Waals surface area contributed by atoms with E-state index in [-0.39, 0.29) is 12.5 Å². The number of rotatable bonds is 3. The molecule has 1 fully saturated rings. The lowest BCUT2D eigenvalue weighted by Crippen LogP contribution is -2.60. The number of hydrogen-bond acceptors (Lipinski definition) is 4. The lowest BCUT2D eigenvalue weighted by atomic mass is 10.1. The average molecular weight is 263 g/mol. The Morgan fingerprint density at radius 1 is 1.32 bits per heavy atom. The van der Waals surface area contributed by atoms with E-state index >= 15 is 0 Å². The van der Waals surface area contributed by atoms with Crippen molar-refractivity contribution in [3.8, 4) is 5.75 Å². The number of hydrogen-bond donors (Lipinski definition) is 3. The Hall–Kier alpha value is -2.57. The Labute approximate surface area is 109 Å². The second kappa shape index (κ2) is 5.38. The van der Waals surface area contributed by atoms with E-state index in [0.29, 0.717) is 11.3 Å². The fourth-order valence-corrected chi connectivity index (χ4v) is 1.63. The molecule has 100 valence electrons. The topological polar surface area (TPSA) is 96.5 Å². The Kier molecular flexibility index (Phi) is 3.65. The Morgan fingerprint density at radius 2 is 2.00 bits per heavy atom. The minimum absolute atomic E-state index is 0.0760. The highest BCUT2D eigenvalue weighted by Gasteiger charge is 2.27. The fraction of sp³-hybridized carbons (Fsp3) is 0.250. The molecule has 2 rings (SSSR count). The molecule has 0 spiro atoms. The van der Waals surface area contributed by atoms with Crippen LogP contribution in [-0.2, 0) is 4.79 Å². The van der Waals surface area contributed by atoms with E-state index in [4.69, 9.17) is 4.74 Å². The van der Waals surface area contributed by atoms with E-state index in [1.807, 2.05) is 0 Å². The number of nitrogens with one attached hydrogen (secondary N) is 3. The summed E-state index contributed by atoms with van der Waals surface area (Å²) in [7, 11) is 1.53. The van der Waals surface area contributed by atoms with Gasteiger partial charge in [-0.2, -0.15) is 0 Å². The van der Waals surface area contributed by atoms with Crippen LogP contribution in [0.3, 0.4) is 0 Å². The number of urea groups is 1. The third-order valence-electron chi connectivity index (χ3n) is 2.68. The maximum Gasteiger partial charge on any atom is 0.321 e. The first-order valence-electron chi connectivity index (χ1n) is 5.64. The molecule has 1 unspecified atom stereocenters. The summed E-state index contributed by atoms with van der Waals surface area (Å²) < 4.78 is 4.98. The molecule has 3 N–H and O–H groups in total. The van der Waals surface area contributed by atoms with Crippen molar-refractivity contribution < 1.29 is 19.1 Å². The van der Waals surface area contributed by atoms with Gasteiger partial charge in [-0.1, -0.05) is 0 Å². The molecule has 0 saturated carbocycles. The van der Waals surface area contributed by atoms with Crippen LogP contribution >= 0.6 is 0 Å². The lowest BCUT2D eigenvalue weighted by molar-refractivity contribution is -0.122. The van der Waals surface area contributed by atoms with Crippen LogP contribution in [0, 0.1) is 0 Å². The molecular weight excluding hydrogens is 250 g/mol. The summed E-state index contributed by atoms with van der Waals surface area (Å²) in [6, 6.07) is 5.16. The van der Waals surface area contributed by atoms with Crippen LogP contribution in [0.5, 0.6) is 5.75 Å². The smallest absolute Gasteiger partial charge is 0.321 e. The van der Waals surface area contributed by atoms with E-state index in [1.165, 1.54) is 7.11 Å². The number of amides is 4. The van der Waals surface area contributed by atoms with Crippen LogP contribution in [-0.4, -0.2) is 37.5 Å². The van der Waals surface area contributed by atoms with Crippen molar-refractivity contribution in [2.45, 2.75) is 6.04 Å². The van der Waals surface area contributed by atoms with Crippen molar-refractivity contribution in [2.75, 3.05) is 13.7 Å². The van der Waals surface area contributed by atoms with Crippen molar-refractivity contribution in [1.82, 2.24) is 16.0 Å². The molecule has 7 heteroatoms. The zero-order valence-corrected chi connectivity index (χ0v) is 10.2. The van der Waals surface area contributed by atoms with Gasteiger partial charge in [0.05, 0.1) is 7.11 Å². The van der Waals surface area contributed by atoms with Crippen molar-refractivity contribution >= 4 is 17.8 Å². The number of carbonyl (C=O) groups is 3. The summed E-state index contributed by atoms with van der Waals surface area (Å²) in [5, 5.41) is 7.05. The fourth-order valence-electron chi connectivity index (χ4n) is 1.63. The molecule has 1 heterocycles. The van der Waals surface area contributed by atoms with Crippen LogP contribution in [0.2, 0.25) is 0 Å². The van der Waals surface area contributed by atoms with Crippen LogP contribution in [0.15, 0.2) is 24.3 Å². The highest BCUT2D eigenvalue weighted by molar-refractivity contribution is 6.03. The molecule has 1 aliphatic rings. The lowest BCUT2D eigenvalue weighted by Gasteiger charge is -2.22. The first kappa shape index (κ1) is 12.9. The van der Waals surface area contributed by atoms with E-state index in [0.717, 1.165) is 0 Å². The molecule has 0 radical (unpaired) electrons. The molecule has 0 aromatic heterocycles. The average Bonchev–Trinajstić information content (AvgIpc) is 2.42. The molecule has 1 atom stereocenters. The molecule has 1 aliphatic heterocycles. The maximum atomic E-state index is 11.9. The molecule has 1 saturated heterocycles. The Bertz CT molecular complexity index is 512. The van der Waals surface area contributed by atoms with E-state index in [2.05, 4.69) is 16.0 Å². The second-order valence-electron chi connectivity index (χ2n) is 3.95. The normalized spacial score (nSPS) is 18.3. The van der Waals surface area contributed by atoms with E-state index < -0.39 is 18.0 Å². The van der Waals surface area contributed by atoms with Gasteiger partial charge in [-0.15, -0.1) is 0 Å². The summed E-state index contributed by atoms with van der Waals surface area (Å²) in [6.45, 7) is 0.0760. The van der Waals surface area contributed by atoms with Gasteiger partial charge in [0.15, 0.2) is 0 Å². The molecule has 4 amide bonds. The molecule has 19 heavy (non-hydrogen) atoms. The standard InChI is InChI=1S/C12H13N3O4/c1-19-8-4-2-7(3-5-8)10(16)14-9-6-13-12(18)15-11(9)17/h2-5,9H,6H2,1H3,(H,14,16)(H2,13,15,17,18). The summed E-state index contributed by atoms with van der Waals surface area (Å²) in [6.07, 6.45) is 0. The first-order valence-corrected chi connectivity index (χ1v) is 5.64. The van der Waals surface area contributed by atoms with Crippen molar-refractivity contribution in [1.29, 1.82) is 0 Å². The highest BCUT2D eigenvalue weighted by Crippen LogP contribution is 2.11. The third-order valence-corrected chi connectivity index (χ3v) is 2.68. The number of ether oxygens (including phenoxy) is 1. The third kappa shape index (κ3) is 3.01. The molecule has 7 nitrogen and oxygen atoms in total. The Morgan fingerprint density at radius 3 is 2.58 bits per heavy atom. The summed E-state index contributed by atoms with van der Waals surface area (Å²) in [4.78, 5) is 34.2. The quantitative estimate of drug-likeness (QED) is 0.693. The summed E-state index contributed by atoms with van der Waals surface area (Å²) in [5.74, 6) is -0.274. The maximum absolute atomic E-state index is 11.9. The number of methoxy groups -OCH3 is 1. The van der Waals surface area contributed by atoms with Gasteiger partial charge in [-0.25, -0.2) is 4.79 Å². The van der Waals surface area contributed by atoms with Gasteiger partial charge >= 0.3 is 6.03 Å². The predicted octanol–water partition coefficient (Wildman–Crippen LogP) is -0.367. The number of imide groups is 1. The van der Waals surface area contributed by atoms with Gasteiger partial charge in [0.2, 0.25) is 0 Å². The zero-order chi connectivity index (χ0) is 13.8. The highest BCUT2D eigenvalue weighted by atomic mass is 16.5. The predicted molar refractivity (Wildman–Crippen MR) is 65.8 cm³/mol. The van der Waals surface area contributed by atoms with Gasteiger partial charge in [0, 0.05) is 12.1 Å². The zero-order valence-electron chi connectivity index (χ0n) is 10.2. The van der Waals surface area contributed by atoms with Crippen molar-refractivity contribution in [3.63, 3.8) is 0 Å². The van der Waals surface area contributed by atoms with Gasteiger partial charge in [0.1, 0.15) is 11.8 Å². The Balaban J connectivity index is 2.00. The van der Waals surface area contributed by atoms with Gasteiger partial charge in [-0.3, -0.25) is 14.9 Å². The minimum Gasteiger partial charge on any atom is -0.497 e. The monoisotopic (exact) mass is 263 g/mol. The van der Waals surface area contributed by atoms with Gasteiger partial charge in [-0.05, 0) is 24.3 Å². The van der Waals surface area contributed by atoms with Crippen LogP contribution < -0.4 is 20.7 Å². The van der Waals surface area contributed by atoms with Crippen molar-refractivity contribution in [3.05, 3.63) is 29.8 Å². The second-order valence-corrected chi connectivity index (χ2v) is 3.95. The molecule has 0 aliphatic carbocycles. The van der Waals surface area contributed by atoms with Gasteiger partial charge < -0.3 is 15.4 Å². The van der Waals surface area contributed by atoms with Crippen LogP contribution in [0.1, 0.15) is 10.4 Å². The van der Waals surface area contributed by atoms with Crippen LogP contribution in [0.25, 0.3) is 0 Å². The summed E-state index contributed by atoms with van der Waals surface area (Å²) in [5.41, 5.74) is 0.408. The number of carbonyl (C=O) groups excluding carboxylic acids is 3. The largest absolute Gasteiger partial charge is 0.497 e. The molecule has 1 aromatic carbocycles. The summed E-state index contributed by atoms with van der Waals surface area (Å²) >= 11 is 0. The molecule has 1 aromatic rings. The number of benzene rings is 1. The van der Waals surface area contributed by atoms with Crippen LogP contribution in [0.4, 0.5) is 4.79 Å². The molecular formula is C12H13N3O4. The molecule has 0 bridgehead atoms. The van der Waals surface area contributed by atoms with Crippen molar-refractivity contribution in [2.24, 2.45) is 0 Å². The SMILES string of the molecule is COc1ccc(C(=O)NC2CNC(=O)NC2=O)cc1. The van der Waals surface area contributed by atoms with E-state index in [9.17, 15) is 14.4 Å². The minimum atomic E-state index is -0.771. The van der Waals surface area contributed by atoms with E-state index in [1.54, 1.807) is 24.3 Å². The van der Waals surface area contributed by atoms with Gasteiger partial charge in [0.25, 0.3) is 11.8 Å².